The zero-order chi connectivity index (χ0) is 53.5. The number of aromatic nitrogens is 2. The predicted octanol–water partition coefficient (Wildman–Crippen LogP) is 11.1. The van der Waals surface area contributed by atoms with E-state index in [0.29, 0.717) is 16.3 Å². The van der Waals surface area contributed by atoms with E-state index in [2.05, 4.69) is 25.6 Å². The minimum absolute atomic E-state index is 0.269. The summed E-state index contributed by atoms with van der Waals surface area (Å²) in [6.45, 7) is 42.8. The first-order valence-electron chi connectivity index (χ1n) is 23.4. The Morgan fingerprint density at radius 1 is 0.500 bits per heavy atom. The highest BCUT2D eigenvalue weighted by atomic mass is 79.9. The zero-order valence-corrected chi connectivity index (χ0v) is 47.1. The molecular weight excluding hydrogens is 1020 g/mol. The lowest BCUT2D eigenvalue weighted by Gasteiger charge is -2.32. The van der Waals surface area contributed by atoms with Gasteiger partial charge in [0.2, 0.25) is 0 Å². The average molecular weight is 1080 g/mol. The van der Waals surface area contributed by atoms with Crippen LogP contribution in [0.2, 0.25) is 0 Å². The Kier molecular flexibility index (Phi) is 14.4. The molecule has 0 amide bonds. The van der Waals surface area contributed by atoms with Crippen molar-refractivity contribution in [2.45, 2.75) is 140 Å². The molecule has 0 bridgehead atoms. The number of halogens is 1. The van der Waals surface area contributed by atoms with Gasteiger partial charge in [-0.3, -0.25) is 0 Å². The smallest absolute Gasteiger partial charge is 0.405 e. The maximum Gasteiger partial charge on any atom is 0.497 e. The summed E-state index contributed by atoms with van der Waals surface area (Å²) >= 11 is 3.53. The lowest BCUT2D eigenvalue weighted by Crippen LogP contribution is -2.41. The molecule has 0 N–H and O–H groups in total. The van der Waals surface area contributed by atoms with Crippen molar-refractivity contribution in [1.29, 1.82) is 0 Å². The summed E-state index contributed by atoms with van der Waals surface area (Å²) in [5.41, 5.74) is 4.96. The summed E-state index contributed by atoms with van der Waals surface area (Å²) in [4.78, 5) is 7.76. The first kappa shape index (κ1) is 55.0. The maximum absolute atomic E-state index is 11.8. The number of aryl methyl sites for hydroxylation is 2. The zero-order valence-electron chi connectivity index (χ0n) is 43.9. The van der Waals surface area contributed by atoms with Crippen molar-refractivity contribution in [3.63, 3.8) is 0 Å². The van der Waals surface area contributed by atoms with Crippen LogP contribution in [0.5, 0.6) is 0 Å². The van der Waals surface area contributed by atoms with Crippen LogP contribution in [0.3, 0.4) is 0 Å². The first-order valence-corrected chi connectivity index (χ1v) is 28.0. The number of sulfone groups is 2. The molecule has 5 heterocycles. The van der Waals surface area contributed by atoms with Gasteiger partial charge in [-0.25, -0.2) is 26.5 Å². The lowest BCUT2D eigenvalue weighted by molar-refractivity contribution is 0.00578. The van der Waals surface area contributed by atoms with Crippen LogP contribution in [-0.2, 0) is 47.6 Å². The minimum Gasteiger partial charge on any atom is -0.405 e. The predicted molar refractivity (Wildman–Crippen MR) is 290 cm³/mol. The lowest BCUT2D eigenvalue weighted by atomic mass is 9.49. The molecule has 20 heteroatoms. The van der Waals surface area contributed by atoms with Crippen molar-refractivity contribution in [1.82, 2.24) is 9.13 Å². The van der Waals surface area contributed by atoms with E-state index in [9.17, 15) is 16.8 Å². The summed E-state index contributed by atoms with van der Waals surface area (Å²) in [5, 5.41) is 1.83. The van der Waals surface area contributed by atoms with Gasteiger partial charge in [-0.1, -0.05) is 0 Å². The number of hydrogen-bond donors (Lipinski definition) is 0. The number of benzene rings is 4. The van der Waals surface area contributed by atoms with E-state index in [-0.39, 0.29) is 27.3 Å². The molecule has 14 nitrogen and oxygen atoms in total. The molecule has 6 aromatic rings. The Hall–Kier alpha value is -4.73. The van der Waals surface area contributed by atoms with Crippen LogP contribution in [0.15, 0.2) is 99.5 Å². The van der Waals surface area contributed by atoms with Crippen molar-refractivity contribution in [2.75, 3.05) is 12.5 Å². The highest BCUT2D eigenvalue weighted by Gasteiger charge is 2.63. The fraction of sp³-hybridized carbons (Fsp3) is 0.423. The van der Waals surface area contributed by atoms with Crippen molar-refractivity contribution in [3.8, 4) is 11.4 Å². The fourth-order valence-electron chi connectivity index (χ4n) is 8.25. The Balaban J connectivity index is 0.000000165. The summed E-state index contributed by atoms with van der Waals surface area (Å²) in [7, 11) is -8.01. The molecule has 3 saturated heterocycles. The standard InChI is InChI=1S/C23H25BN2O4S.C17H13BrN2O2S.C12H24B2O4/c1-15-12-21-18(13-20(15)25-6)19(24-29-22(2,3)23(4,5)30-24)14-26(21)16-8-10-17(11-9-16)31(7,27)28;1-11-8-17-14(9-16(11)19-2)15(18)10-20(17)12-4-6-13(7-5-12)23(3,21)22;1-9(2)10(3,4)16-13(15-9)14-17-11(5,6)12(7,8)18-14/h8-14H,1-5,7H3;4-10H,1,3H3;1-8H3. The highest BCUT2D eigenvalue weighted by molar-refractivity contribution is 9.10. The topological polar surface area (TPSA) is 142 Å². The SMILES string of the molecule is CC1(C)OB(B2OC(C)(C)C(C)(C)O2)OC1(C)C.[C-]#[N+]c1cc2c(B3OC(C)(C)C(C)(C)O3)cn(-c3ccc(S(C)(=O)=O)cc3)c2cc1C.[C-]#[N+]c1cc2c(Br)cn(-c3ccc(S(C)(=O)=O)cc3)c2cc1C. The monoisotopic (exact) mass is 1080 g/mol. The second kappa shape index (κ2) is 18.9. The third-order valence-corrected chi connectivity index (χ3v) is 17.7. The summed E-state index contributed by atoms with van der Waals surface area (Å²) in [6, 6.07) is 21.2. The van der Waals surface area contributed by atoms with Gasteiger partial charge in [-0.2, -0.15) is 0 Å². The van der Waals surface area contributed by atoms with E-state index in [0.717, 1.165) is 54.2 Å². The molecule has 0 aliphatic carbocycles. The van der Waals surface area contributed by atoms with Crippen LogP contribution < -0.4 is 5.46 Å². The largest absolute Gasteiger partial charge is 0.497 e. The van der Waals surface area contributed by atoms with Crippen LogP contribution in [0.25, 0.3) is 42.9 Å². The van der Waals surface area contributed by atoms with Gasteiger partial charge in [0.05, 0.1) is 67.6 Å². The van der Waals surface area contributed by atoms with E-state index < -0.39 is 52.0 Å². The quantitative estimate of drug-likeness (QED) is 0.117. The van der Waals surface area contributed by atoms with Crippen LogP contribution >= 0.6 is 15.9 Å². The number of hydrogen-bond acceptors (Lipinski definition) is 10. The van der Waals surface area contributed by atoms with Gasteiger partial charge in [-0.15, -0.1) is 0 Å². The van der Waals surface area contributed by atoms with E-state index in [4.69, 9.17) is 41.1 Å². The minimum atomic E-state index is -3.28. The molecule has 3 aliphatic rings. The van der Waals surface area contributed by atoms with Gasteiger partial charge < -0.3 is 37.1 Å². The van der Waals surface area contributed by atoms with Crippen LogP contribution in [0.1, 0.15) is 94.2 Å². The maximum atomic E-state index is 11.8. The first-order chi connectivity index (χ1) is 33.0. The van der Waals surface area contributed by atoms with Crippen molar-refractivity contribution in [3.05, 3.63) is 124 Å². The van der Waals surface area contributed by atoms with Gasteiger partial charge in [0.1, 0.15) is 0 Å². The van der Waals surface area contributed by atoms with Gasteiger partial charge in [0.25, 0.3) is 0 Å². The van der Waals surface area contributed by atoms with E-state index >= 15 is 0 Å². The average Bonchev–Trinajstić information content (AvgIpc) is 3.98. The third-order valence-electron chi connectivity index (χ3n) is 14.8. The molecule has 3 aliphatic heterocycles. The second-order valence-electron chi connectivity index (χ2n) is 21.7. The molecule has 0 radical (unpaired) electrons. The molecule has 0 spiro atoms. The molecule has 72 heavy (non-hydrogen) atoms. The second-order valence-corrected chi connectivity index (χ2v) is 26.6. The Morgan fingerprint density at radius 2 is 0.819 bits per heavy atom. The number of fused-ring (bicyclic) bond motifs is 2. The molecule has 9 rings (SSSR count). The summed E-state index contributed by atoms with van der Waals surface area (Å²) in [6.07, 6.45) is 6.26. The van der Waals surface area contributed by atoms with Crippen LogP contribution in [-0.4, -0.2) is 93.2 Å². The van der Waals surface area contributed by atoms with E-state index in [1.165, 1.54) is 12.5 Å². The Labute approximate surface area is 434 Å². The molecule has 2 aromatic heterocycles. The number of rotatable bonds is 6. The third kappa shape index (κ3) is 10.5. The molecule has 0 unspecified atom stereocenters. The van der Waals surface area contributed by atoms with Gasteiger partial charge in [-0.05, 0) is 202 Å². The van der Waals surface area contributed by atoms with Crippen LogP contribution in [0.4, 0.5) is 11.4 Å². The van der Waals surface area contributed by atoms with E-state index in [1.807, 2.05) is 143 Å². The van der Waals surface area contributed by atoms with Crippen LogP contribution in [0, 0.1) is 27.0 Å². The van der Waals surface area contributed by atoms with E-state index in [1.54, 1.807) is 48.5 Å². The van der Waals surface area contributed by atoms with Gasteiger partial charge >= 0.3 is 21.1 Å². The fourth-order valence-corrected chi connectivity index (χ4v) is 10.0. The molecule has 0 atom stereocenters. The summed E-state index contributed by atoms with van der Waals surface area (Å²) in [5.74, 6) is 0. The van der Waals surface area contributed by atoms with Crippen molar-refractivity contribution < 1.29 is 44.8 Å². The molecule has 0 saturated carbocycles. The highest BCUT2D eigenvalue weighted by Crippen LogP contribution is 2.44. The molecule has 4 aromatic carbocycles. The molecular formula is C52H62B3BrN4O10S2. The molecule has 378 valence electrons. The summed E-state index contributed by atoms with van der Waals surface area (Å²) < 4.78 is 88.1. The number of nitrogens with zero attached hydrogens (tertiary/aromatic N) is 4. The van der Waals surface area contributed by atoms with Crippen molar-refractivity contribution >= 4 is 95.4 Å². The van der Waals surface area contributed by atoms with Gasteiger partial charge in [0, 0.05) is 51.6 Å². The van der Waals surface area contributed by atoms with Crippen molar-refractivity contribution in [2.24, 2.45) is 0 Å². The Morgan fingerprint density at radius 3 is 1.17 bits per heavy atom. The van der Waals surface area contributed by atoms with Gasteiger partial charge in [0.15, 0.2) is 31.0 Å². The molecule has 3 fully saturated rings. The Bertz CT molecular complexity index is 3330. The normalized spacial score (nSPS) is 19.3.